The van der Waals surface area contributed by atoms with Gasteiger partial charge in [0.05, 0.1) is 14.2 Å². The third-order valence-corrected chi connectivity index (χ3v) is 2.24. The molecule has 1 aromatic rings. The maximum absolute atomic E-state index is 10.7. The second-order valence-corrected chi connectivity index (χ2v) is 3.45. The van der Waals surface area contributed by atoms with Crippen molar-refractivity contribution in [3.8, 4) is 11.5 Å². The molecule has 0 N–H and O–H groups in total. The first-order chi connectivity index (χ1) is 8.08. The van der Waals surface area contributed by atoms with Gasteiger partial charge < -0.3 is 14.2 Å². The topological polar surface area (TPSA) is 44.8 Å². The number of ether oxygens (including phenoxy) is 3. The molecule has 4 heteroatoms. The average molecular weight is 236 g/mol. The van der Waals surface area contributed by atoms with Crippen molar-refractivity contribution in [2.45, 2.75) is 6.92 Å². The summed E-state index contributed by atoms with van der Waals surface area (Å²) < 4.78 is 15.2. The van der Waals surface area contributed by atoms with Gasteiger partial charge in [0, 0.05) is 18.6 Å². The molecule has 1 aromatic carbocycles. The van der Waals surface area contributed by atoms with Crippen LogP contribution in [0.4, 0.5) is 0 Å². The highest BCUT2D eigenvalue weighted by molar-refractivity contribution is 5.73. The summed E-state index contributed by atoms with van der Waals surface area (Å²) in [7, 11) is 3.15. The first-order valence-electron chi connectivity index (χ1n) is 5.12. The standard InChI is InChI=1S/C13H16O4/c1-9(8-17-10(2)14)12-6-5-11(15-3)7-13(12)16-4/h5-7H,1,8H2,2-4H3. The van der Waals surface area contributed by atoms with Crippen LogP contribution in [0.3, 0.4) is 0 Å². The molecule has 0 saturated heterocycles. The summed E-state index contributed by atoms with van der Waals surface area (Å²) in [4.78, 5) is 10.7. The Kier molecular flexibility index (Phi) is 4.57. The third kappa shape index (κ3) is 3.52. The molecule has 4 nitrogen and oxygen atoms in total. The number of carbonyl (C=O) groups excluding carboxylic acids is 1. The average Bonchev–Trinajstić information content (AvgIpc) is 2.34. The number of hydrogen-bond acceptors (Lipinski definition) is 4. The Hall–Kier alpha value is -1.97. The number of benzene rings is 1. The Balaban J connectivity index is 2.89. The van der Waals surface area contributed by atoms with Crippen molar-refractivity contribution in [3.63, 3.8) is 0 Å². The zero-order valence-electron chi connectivity index (χ0n) is 10.3. The van der Waals surface area contributed by atoms with E-state index in [2.05, 4.69) is 6.58 Å². The van der Waals surface area contributed by atoms with Crippen molar-refractivity contribution in [3.05, 3.63) is 30.3 Å². The first-order valence-corrected chi connectivity index (χ1v) is 5.12. The minimum absolute atomic E-state index is 0.151. The summed E-state index contributed by atoms with van der Waals surface area (Å²) in [5.41, 5.74) is 1.48. The smallest absolute Gasteiger partial charge is 0.302 e. The highest BCUT2D eigenvalue weighted by atomic mass is 16.5. The highest BCUT2D eigenvalue weighted by Gasteiger charge is 2.09. The highest BCUT2D eigenvalue weighted by Crippen LogP contribution is 2.29. The van der Waals surface area contributed by atoms with E-state index in [0.717, 1.165) is 5.56 Å². The summed E-state index contributed by atoms with van der Waals surface area (Å²) in [6, 6.07) is 5.38. The summed E-state index contributed by atoms with van der Waals surface area (Å²) in [6.07, 6.45) is 0. The van der Waals surface area contributed by atoms with Gasteiger partial charge in [-0.3, -0.25) is 4.79 Å². The fourth-order valence-corrected chi connectivity index (χ4v) is 1.36. The second kappa shape index (κ2) is 5.94. The lowest BCUT2D eigenvalue weighted by molar-refractivity contribution is -0.139. The second-order valence-electron chi connectivity index (χ2n) is 3.45. The van der Waals surface area contributed by atoms with Gasteiger partial charge in [0.1, 0.15) is 18.1 Å². The van der Waals surface area contributed by atoms with E-state index >= 15 is 0 Å². The van der Waals surface area contributed by atoms with Crippen LogP contribution in [-0.2, 0) is 9.53 Å². The van der Waals surface area contributed by atoms with Crippen molar-refractivity contribution < 1.29 is 19.0 Å². The summed E-state index contributed by atoms with van der Waals surface area (Å²) >= 11 is 0. The number of methoxy groups -OCH3 is 2. The predicted molar refractivity (Wildman–Crippen MR) is 65.2 cm³/mol. The van der Waals surface area contributed by atoms with Gasteiger partial charge in [0.15, 0.2) is 0 Å². The Morgan fingerprint density at radius 1 is 1.29 bits per heavy atom. The molecule has 17 heavy (non-hydrogen) atoms. The summed E-state index contributed by atoms with van der Waals surface area (Å²) in [6.45, 7) is 5.37. The van der Waals surface area contributed by atoms with Gasteiger partial charge in [-0.25, -0.2) is 0 Å². The molecule has 0 spiro atoms. The predicted octanol–water partition coefficient (Wildman–Crippen LogP) is 2.28. The molecule has 0 radical (unpaired) electrons. The lowest BCUT2D eigenvalue weighted by atomic mass is 10.1. The van der Waals surface area contributed by atoms with E-state index in [1.807, 2.05) is 6.07 Å². The van der Waals surface area contributed by atoms with E-state index in [-0.39, 0.29) is 12.6 Å². The Bertz CT molecular complexity index is 423. The van der Waals surface area contributed by atoms with Gasteiger partial charge in [-0.05, 0) is 17.7 Å². The van der Waals surface area contributed by atoms with Crippen molar-refractivity contribution in [2.75, 3.05) is 20.8 Å². The minimum Gasteiger partial charge on any atom is -0.497 e. The van der Waals surface area contributed by atoms with Crippen molar-refractivity contribution in [2.24, 2.45) is 0 Å². The van der Waals surface area contributed by atoms with Gasteiger partial charge in [-0.2, -0.15) is 0 Å². The molecular weight excluding hydrogens is 220 g/mol. The molecule has 1 rings (SSSR count). The van der Waals surface area contributed by atoms with E-state index in [1.54, 1.807) is 26.4 Å². The molecule has 0 amide bonds. The molecule has 92 valence electrons. The van der Waals surface area contributed by atoms with Gasteiger partial charge in [-0.15, -0.1) is 0 Å². The van der Waals surface area contributed by atoms with Gasteiger partial charge in [0.2, 0.25) is 0 Å². The zero-order valence-corrected chi connectivity index (χ0v) is 10.3. The van der Waals surface area contributed by atoms with Crippen LogP contribution in [0.2, 0.25) is 0 Å². The third-order valence-electron chi connectivity index (χ3n) is 2.24. The Labute approximate surface area is 101 Å². The Morgan fingerprint density at radius 2 is 2.00 bits per heavy atom. The first kappa shape index (κ1) is 13.1. The van der Waals surface area contributed by atoms with Crippen LogP contribution in [0.5, 0.6) is 11.5 Å². The molecule has 0 heterocycles. The van der Waals surface area contributed by atoms with Gasteiger partial charge in [0.25, 0.3) is 0 Å². The van der Waals surface area contributed by atoms with Crippen LogP contribution in [0.1, 0.15) is 12.5 Å². The van der Waals surface area contributed by atoms with Crippen molar-refractivity contribution >= 4 is 11.5 Å². The zero-order chi connectivity index (χ0) is 12.8. The Morgan fingerprint density at radius 3 is 2.53 bits per heavy atom. The molecular formula is C13H16O4. The fraction of sp³-hybridized carbons (Fsp3) is 0.308. The lowest BCUT2D eigenvalue weighted by Crippen LogP contribution is -2.03. The van der Waals surface area contributed by atoms with Crippen LogP contribution in [0, 0.1) is 0 Å². The lowest BCUT2D eigenvalue weighted by Gasteiger charge is -2.12. The van der Waals surface area contributed by atoms with Crippen molar-refractivity contribution in [1.82, 2.24) is 0 Å². The van der Waals surface area contributed by atoms with E-state index in [0.29, 0.717) is 17.1 Å². The van der Waals surface area contributed by atoms with Crippen LogP contribution in [0.25, 0.3) is 5.57 Å². The molecule has 0 aliphatic rings. The molecule has 0 aliphatic heterocycles. The summed E-state index contributed by atoms with van der Waals surface area (Å²) in [5.74, 6) is 1.01. The SMILES string of the molecule is C=C(COC(C)=O)c1ccc(OC)cc1OC. The molecule has 0 unspecified atom stereocenters. The van der Waals surface area contributed by atoms with E-state index in [4.69, 9.17) is 14.2 Å². The quantitative estimate of drug-likeness (QED) is 0.736. The molecule has 0 bridgehead atoms. The fourth-order valence-electron chi connectivity index (χ4n) is 1.36. The van der Waals surface area contributed by atoms with Crippen molar-refractivity contribution in [1.29, 1.82) is 0 Å². The minimum atomic E-state index is -0.335. The van der Waals surface area contributed by atoms with E-state index in [1.165, 1.54) is 6.92 Å². The maximum Gasteiger partial charge on any atom is 0.302 e. The largest absolute Gasteiger partial charge is 0.497 e. The number of carbonyl (C=O) groups is 1. The molecule has 0 saturated carbocycles. The van der Waals surface area contributed by atoms with E-state index in [9.17, 15) is 4.79 Å². The van der Waals surface area contributed by atoms with Crippen LogP contribution in [0.15, 0.2) is 24.8 Å². The molecule has 0 atom stereocenters. The van der Waals surface area contributed by atoms with Crippen LogP contribution >= 0.6 is 0 Å². The number of hydrogen-bond donors (Lipinski definition) is 0. The summed E-state index contributed by atoms with van der Waals surface area (Å²) in [5, 5.41) is 0. The monoisotopic (exact) mass is 236 g/mol. The van der Waals surface area contributed by atoms with Gasteiger partial charge in [-0.1, -0.05) is 6.58 Å². The molecule has 0 aliphatic carbocycles. The number of esters is 1. The maximum atomic E-state index is 10.7. The molecule has 0 fully saturated rings. The van der Waals surface area contributed by atoms with Gasteiger partial charge >= 0.3 is 5.97 Å². The normalized spacial score (nSPS) is 9.59. The van der Waals surface area contributed by atoms with Crippen LogP contribution in [-0.4, -0.2) is 26.8 Å². The van der Waals surface area contributed by atoms with Crippen LogP contribution < -0.4 is 9.47 Å². The van der Waals surface area contributed by atoms with E-state index < -0.39 is 0 Å². The number of rotatable bonds is 5. The molecule has 0 aromatic heterocycles.